The van der Waals surface area contributed by atoms with Crippen LogP contribution < -0.4 is 5.32 Å². The minimum Gasteiger partial charge on any atom is -0.314 e. The molecule has 0 saturated carbocycles. The molecule has 3 nitrogen and oxygen atoms in total. The van der Waals surface area contributed by atoms with E-state index >= 15 is 0 Å². The van der Waals surface area contributed by atoms with Gasteiger partial charge in [0, 0.05) is 35.7 Å². The summed E-state index contributed by atoms with van der Waals surface area (Å²) in [6.07, 6.45) is 10.2. The lowest BCUT2D eigenvalue weighted by molar-refractivity contribution is 0.0185. The molecule has 4 heteroatoms. The Morgan fingerprint density at radius 3 is 2.79 bits per heavy atom. The van der Waals surface area contributed by atoms with Gasteiger partial charge in [0.05, 0.1) is 5.51 Å². The number of nitrogens with zero attached hydrogens (tertiary/aromatic N) is 2. The molecule has 1 N–H and O–H groups in total. The summed E-state index contributed by atoms with van der Waals surface area (Å²) < 4.78 is 0. The summed E-state index contributed by atoms with van der Waals surface area (Å²) in [6.45, 7) is 4.56. The van der Waals surface area contributed by atoms with Gasteiger partial charge in [0.15, 0.2) is 0 Å². The van der Waals surface area contributed by atoms with Crippen molar-refractivity contribution in [2.45, 2.75) is 70.1 Å². The van der Waals surface area contributed by atoms with Crippen molar-refractivity contribution in [3.8, 4) is 0 Å². The summed E-state index contributed by atoms with van der Waals surface area (Å²) in [5.74, 6) is 0. The molecular weight excluding hydrogens is 254 g/mol. The highest BCUT2D eigenvalue weighted by atomic mass is 32.1. The maximum absolute atomic E-state index is 4.22. The second kappa shape index (κ2) is 6.33. The molecule has 0 aliphatic carbocycles. The molecule has 2 atom stereocenters. The third kappa shape index (κ3) is 3.18. The van der Waals surface area contributed by atoms with Gasteiger partial charge in [-0.1, -0.05) is 13.3 Å². The first-order chi connectivity index (χ1) is 9.36. The zero-order chi connectivity index (χ0) is 13.1. The lowest BCUT2D eigenvalue weighted by Gasteiger charge is -2.49. The maximum Gasteiger partial charge on any atom is 0.0794 e. The van der Waals surface area contributed by atoms with Gasteiger partial charge < -0.3 is 5.32 Å². The molecule has 0 aromatic carbocycles. The second-order valence-corrected chi connectivity index (χ2v) is 6.97. The molecule has 0 spiro atoms. The molecule has 2 fully saturated rings. The highest BCUT2D eigenvalue weighted by Gasteiger charge is 2.37. The van der Waals surface area contributed by atoms with Crippen LogP contribution >= 0.6 is 11.3 Å². The second-order valence-electron chi connectivity index (χ2n) is 6.00. The van der Waals surface area contributed by atoms with Gasteiger partial charge in [0.2, 0.25) is 0 Å². The summed E-state index contributed by atoms with van der Waals surface area (Å²) in [6, 6.07) is 2.35. The Morgan fingerprint density at radius 2 is 2.16 bits per heavy atom. The van der Waals surface area contributed by atoms with Gasteiger partial charge in [-0.05, 0) is 38.6 Å². The van der Waals surface area contributed by atoms with Crippen LogP contribution in [0.3, 0.4) is 0 Å². The summed E-state index contributed by atoms with van der Waals surface area (Å²) in [5, 5.41) is 3.74. The van der Waals surface area contributed by atoms with Crippen molar-refractivity contribution in [1.29, 1.82) is 0 Å². The van der Waals surface area contributed by atoms with Crippen LogP contribution in [0.5, 0.6) is 0 Å². The predicted octanol–water partition coefficient (Wildman–Crippen LogP) is 3.03. The number of hydrogen-bond donors (Lipinski definition) is 1. The summed E-state index contributed by atoms with van der Waals surface area (Å²) >= 11 is 1.80. The van der Waals surface area contributed by atoms with Gasteiger partial charge in [-0.25, -0.2) is 0 Å². The molecular formula is C15H25N3S. The Kier molecular flexibility index (Phi) is 4.51. The normalized spacial score (nSPS) is 31.5. The third-order valence-corrected chi connectivity index (χ3v) is 5.40. The first-order valence-electron chi connectivity index (χ1n) is 7.73. The summed E-state index contributed by atoms with van der Waals surface area (Å²) in [5.41, 5.74) is 1.96. The summed E-state index contributed by atoms with van der Waals surface area (Å²) in [4.78, 5) is 8.41. The molecule has 0 amide bonds. The van der Waals surface area contributed by atoms with Crippen LogP contribution in [0.1, 0.15) is 50.3 Å². The van der Waals surface area contributed by atoms with Crippen LogP contribution in [0.15, 0.2) is 11.7 Å². The van der Waals surface area contributed by atoms with Gasteiger partial charge in [-0.15, -0.1) is 11.3 Å². The monoisotopic (exact) mass is 279 g/mol. The average molecular weight is 279 g/mol. The average Bonchev–Trinajstić information content (AvgIpc) is 2.89. The van der Waals surface area contributed by atoms with Crippen molar-refractivity contribution in [1.82, 2.24) is 15.2 Å². The smallest absolute Gasteiger partial charge is 0.0794 e. The zero-order valence-electron chi connectivity index (χ0n) is 11.8. The van der Waals surface area contributed by atoms with E-state index < -0.39 is 0 Å². The minimum atomic E-state index is 0.757. The van der Waals surface area contributed by atoms with Gasteiger partial charge in [0.1, 0.15) is 0 Å². The molecule has 1 aromatic heterocycles. The molecule has 19 heavy (non-hydrogen) atoms. The molecule has 2 bridgehead atoms. The third-order valence-electron chi connectivity index (χ3n) is 4.63. The van der Waals surface area contributed by atoms with Crippen LogP contribution in [-0.4, -0.2) is 34.6 Å². The maximum atomic E-state index is 4.22. The van der Waals surface area contributed by atoms with E-state index in [1.165, 1.54) is 49.9 Å². The van der Waals surface area contributed by atoms with E-state index in [1.807, 2.05) is 11.7 Å². The molecule has 2 saturated heterocycles. The number of hydrogen-bond acceptors (Lipinski definition) is 4. The quantitative estimate of drug-likeness (QED) is 0.898. The van der Waals surface area contributed by atoms with E-state index in [0.29, 0.717) is 0 Å². The molecule has 1 aromatic rings. The van der Waals surface area contributed by atoms with E-state index in [9.17, 15) is 0 Å². The zero-order valence-corrected chi connectivity index (χ0v) is 12.7. The Labute approximate surface area is 120 Å². The highest BCUT2D eigenvalue weighted by Crippen LogP contribution is 2.35. The largest absolute Gasteiger partial charge is 0.314 e. The number of nitrogens with one attached hydrogen (secondary N) is 1. The topological polar surface area (TPSA) is 28.2 Å². The molecule has 2 aliphatic rings. The summed E-state index contributed by atoms with van der Waals surface area (Å²) in [7, 11) is 0. The Morgan fingerprint density at radius 1 is 1.37 bits per heavy atom. The minimum absolute atomic E-state index is 0.757. The number of piperidine rings is 2. The van der Waals surface area contributed by atoms with Crippen molar-refractivity contribution >= 4 is 11.3 Å². The van der Waals surface area contributed by atoms with Gasteiger partial charge in [0.25, 0.3) is 0 Å². The van der Waals surface area contributed by atoms with E-state index in [2.05, 4.69) is 22.1 Å². The fourth-order valence-corrected chi connectivity index (χ4v) is 4.35. The van der Waals surface area contributed by atoms with E-state index in [1.54, 1.807) is 11.3 Å². The van der Waals surface area contributed by atoms with Gasteiger partial charge in [-0.3, -0.25) is 9.88 Å². The van der Waals surface area contributed by atoms with Gasteiger partial charge >= 0.3 is 0 Å². The van der Waals surface area contributed by atoms with Crippen LogP contribution in [-0.2, 0) is 6.54 Å². The van der Waals surface area contributed by atoms with E-state index in [-0.39, 0.29) is 0 Å². The Balaban J connectivity index is 1.63. The molecule has 2 unspecified atom stereocenters. The predicted molar refractivity (Wildman–Crippen MR) is 80.4 cm³/mol. The van der Waals surface area contributed by atoms with Crippen molar-refractivity contribution in [3.05, 3.63) is 16.6 Å². The SMILES string of the molecule is CCCNC1CC2CCCC(C1)N2Cc1cncs1. The number of rotatable bonds is 5. The first-order valence-corrected chi connectivity index (χ1v) is 8.61. The Hall–Kier alpha value is -0.450. The molecule has 2 aliphatic heterocycles. The molecule has 106 valence electrons. The first kappa shape index (κ1) is 13.5. The fourth-order valence-electron chi connectivity index (χ4n) is 3.75. The number of thiazole rings is 1. The van der Waals surface area contributed by atoms with Crippen molar-refractivity contribution in [3.63, 3.8) is 0 Å². The number of fused-ring (bicyclic) bond motifs is 2. The van der Waals surface area contributed by atoms with Crippen LogP contribution in [0.2, 0.25) is 0 Å². The van der Waals surface area contributed by atoms with Crippen LogP contribution in [0, 0.1) is 0 Å². The van der Waals surface area contributed by atoms with Crippen molar-refractivity contribution in [2.24, 2.45) is 0 Å². The van der Waals surface area contributed by atoms with Crippen molar-refractivity contribution < 1.29 is 0 Å². The van der Waals surface area contributed by atoms with Crippen LogP contribution in [0.4, 0.5) is 0 Å². The van der Waals surface area contributed by atoms with Gasteiger partial charge in [-0.2, -0.15) is 0 Å². The Bertz CT molecular complexity index is 365. The van der Waals surface area contributed by atoms with E-state index in [4.69, 9.17) is 0 Å². The lowest BCUT2D eigenvalue weighted by atomic mass is 9.81. The molecule has 0 radical (unpaired) electrons. The van der Waals surface area contributed by atoms with E-state index in [0.717, 1.165) is 24.7 Å². The highest BCUT2D eigenvalue weighted by molar-refractivity contribution is 7.09. The fraction of sp³-hybridized carbons (Fsp3) is 0.800. The van der Waals surface area contributed by atoms with Crippen molar-refractivity contribution in [2.75, 3.05) is 6.54 Å². The molecule has 3 heterocycles. The van der Waals surface area contributed by atoms with Crippen LogP contribution in [0.25, 0.3) is 0 Å². The lowest BCUT2D eigenvalue weighted by Crippen LogP contribution is -2.55. The standard InChI is InChI=1S/C15H25N3S/c1-2-6-17-12-7-13-4-3-5-14(8-12)18(13)10-15-9-16-11-19-15/h9,11-14,17H,2-8,10H2,1H3. The molecule has 3 rings (SSSR count). The number of aromatic nitrogens is 1.